The highest BCUT2D eigenvalue weighted by Crippen LogP contribution is 1.87. The summed E-state index contributed by atoms with van der Waals surface area (Å²) in [5.74, 6) is 0. The highest BCUT2D eigenvalue weighted by Gasteiger charge is 2.10. The van der Waals surface area contributed by atoms with Gasteiger partial charge in [-0.3, -0.25) is 4.79 Å². The van der Waals surface area contributed by atoms with Crippen molar-refractivity contribution in [3.63, 3.8) is 0 Å². The van der Waals surface area contributed by atoms with E-state index in [0.29, 0.717) is 0 Å². The van der Waals surface area contributed by atoms with Gasteiger partial charge in [-0.1, -0.05) is 0 Å². The van der Waals surface area contributed by atoms with Crippen molar-refractivity contribution < 1.29 is 13.2 Å². The first-order chi connectivity index (χ1) is 2.94. The molecule has 7 heavy (non-hydrogen) atoms. The zero-order valence-corrected chi connectivity index (χ0v) is 4.66. The van der Waals surface area contributed by atoms with Gasteiger partial charge in [-0.25, -0.2) is 13.6 Å². The predicted octanol–water partition coefficient (Wildman–Crippen LogP) is -0.366. The van der Waals surface area contributed by atoms with Crippen molar-refractivity contribution in [1.29, 1.82) is 0 Å². The van der Waals surface area contributed by atoms with Crippen molar-refractivity contribution in [3.8, 4) is 0 Å². The molecule has 0 amide bonds. The van der Waals surface area contributed by atoms with Crippen LogP contribution in [0.3, 0.4) is 0 Å². The van der Waals surface area contributed by atoms with E-state index in [0.717, 1.165) is 0 Å². The minimum Gasteiger partial charge on any atom is -0.261 e. The summed E-state index contributed by atoms with van der Waals surface area (Å²) in [6.45, 7) is 0. The van der Waals surface area contributed by atoms with Gasteiger partial charge in [0.2, 0.25) is 0 Å². The lowest BCUT2D eigenvalue weighted by Crippen LogP contribution is -2.16. The highest BCUT2D eigenvalue weighted by atomic mass is 35.5. The number of carbonyl (C=O) groups is 1. The van der Waals surface area contributed by atoms with E-state index in [2.05, 4.69) is 16.7 Å². The molecule has 0 radical (unpaired) electrons. The number of rotatable bonds is 0. The predicted molar refractivity (Wildman–Crippen MR) is 24.4 cm³/mol. The van der Waals surface area contributed by atoms with Gasteiger partial charge in [-0.15, -0.1) is 0 Å². The second kappa shape index (κ2) is 1.77. The lowest BCUT2D eigenvalue weighted by Gasteiger charge is -1.79. The molecule has 0 rings (SSSR count). The first kappa shape index (κ1) is 6.87. The fraction of sp³-hybridized carbons (Fsp3) is 0. The lowest BCUT2D eigenvalue weighted by atomic mass is 11.8. The first-order valence-corrected chi connectivity index (χ1v) is 3.09. The van der Waals surface area contributed by atoms with Crippen molar-refractivity contribution in [2.75, 3.05) is 0 Å². The van der Waals surface area contributed by atoms with Crippen LogP contribution in [0.5, 0.6) is 0 Å². The van der Waals surface area contributed by atoms with Crippen LogP contribution in [0.25, 0.3) is 0 Å². The Labute approximate surface area is 45.3 Å². The van der Waals surface area contributed by atoms with Gasteiger partial charge < -0.3 is 0 Å². The molecule has 0 fully saturated rings. The third kappa shape index (κ3) is 2.55. The Morgan fingerprint density at radius 1 is 1.57 bits per heavy atom. The van der Waals surface area contributed by atoms with E-state index in [-0.39, 0.29) is 0 Å². The molecule has 0 aliphatic rings. The summed E-state index contributed by atoms with van der Waals surface area (Å²) in [6.07, 6.45) is 0. The molecular formula is CH2ClNO3S. The molecule has 0 spiro atoms. The SMILES string of the molecule is NS(=O)(=O)C(=O)Cl. The molecule has 0 bridgehead atoms. The topological polar surface area (TPSA) is 77.2 Å². The highest BCUT2D eigenvalue weighted by molar-refractivity contribution is 8.07. The number of carbonyl (C=O) groups excluding carboxylic acids is 1. The fourth-order valence-electron chi connectivity index (χ4n) is 0. The summed E-state index contributed by atoms with van der Waals surface area (Å²) in [5, 5.41) is 4.17. The smallest absolute Gasteiger partial charge is 0.261 e. The number of halogens is 1. The summed E-state index contributed by atoms with van der Waals surface area (Å²) in [4.78, 5) is 9.52. The second-order valence-electron chi connectivity index (χ2n) is 0.783. The van der Waals surface area contributed by atoms with Crippen LogP contribution in [-0.2, 0) is 10.0 Å². The zero-order chi connectivity index (χ0) is 6.08. The maximum absolute atomic E-state index is 9.63. The molecule has 0 heterocycles. The molecule has 0 aromatic heterocycles. The molecular weight excluding hydrogens is 142 g/mol. The zero-order valence-electron chi connectivity index (χ0n) is 3.09. The first-order valence-electron chi connectivity index (χ1n) is 1.17. The third-order valence-corrected chi connectivity index (χ3v) is 1.32. The monoisotopic (exact) mass is 143 g/mol. The van der Waals surface area contributed by atoms with Crippen molar-refractivity contribution >= 4 is 26.2 Å². The quantitative estimate of drug-likeness (QED) is 0.470. The Balaban J connectivity index is 4.43. The van der Waals surface area contributed by atoms with Gasteiger partial charge in [0.1, 0.15) is 0 Å². The summed E-state index contributed by atoms with van der Waals surface area (Å²) in [7, 11) is -4.11. The Bertz CT molecular complexity index is 169. The third-order valence-electron chi connectivity index (χ3n) is 0.224. The molecule has 0 saturated heterocycles. The van der Waals surface area contributed by atoms with Crippen LogP contribution in [0.2, 0.25) is 0 Å². The van der Waals surface area contributed by atoms with Gasteiger partial charge in [0.05, 0.1) is 0 Å². The number of sulfonamides is 1. The van der Waals surface area contributed by atoms with E-state index >= 15 is 0 Å². The summed E-state index contributed by atoms with van der Waals surface area (Å²) in [6, 6.07) is 0. The molecule has 0 aromatic carbocycles. The van der Waals surface area contributed by atoms with Crippen LogP contribution < -0.4 is 5.14 Å². The van der Waals surface area contributed by atoms with Crippen molar-refractivity contribution in [3.05, 3.63) is 0 Å². The van der Waals surface area contributed by atoms with E-state index in [1.165, 1.54) is 0 Å². The summed E-state index contributed by atoms with van der Waals surface area (Å²) >= 11 is 4.40. The fourth-order valence-corrected chi connectivity index (χ4v) is 0. The molecule has 0 unspecified atom stereocenters. The average Bonchev–Trinajstić information content (AvgIpc) is 1.31. The Morgan fingerprint density at radius 2 is 1.71 bits per heavy atom. The Hall–Kier alpha value is -0.130. The standard InChI is InChI=1S/CH2ClNO3S/c2-1(4)7(3,5)6/h(H2,3,5,6). The van der Waals surface area contributed by atoms with Gasteiger partial charge >= 0.3 is 4.57 Å². The van der Waals surface area contributed by atoms with E-state index in [1.807, 2.05) is 0 Å². The van der Waals surface area contributed by atoms with Crippen molar-refractivity contribution in [1.82, 2.24) is 0 Å². The molecule has 42 valence electrons. The van der Waals surface area contributed by atoms with Gasteiger partial charge in [0.15, 0.2) is 0 Å². The maximum atomic E-state index is 9.63. The Morgan fingerprint density at radius 3 is 1.71 bits per heavy atom. The van der Waals surface area contributed by atoms with E-state index < -0.39 is 14.6 Å². The summed E-state index contributed by atoms with van der Waals surface area (Å²) < 4.78 is 17.7. The lowest BCUT2D eigenvalue weighted by molar-refractivity contribution is 0.274. The number of hydrogen-bond donors (Lipinski definition) is 1. The van der Waals surface area contributed by atoms with E-state index in [9.17, 15) is 13.2 Å². The molecule has 6 heteroatoms. The Kier molecular flexibility index (Phi) is 1.74. The van der Waals surface area contributed by atoms with Gasteiger partial charge in [0.25, 0.3) is 10.0 Å². The number of hydrogen-bond acceptors (Lipinski definition) is 3. The number of primary sulfonamides is 1. The average molecular weight is 144 g/mol. The van der Waals surface area contributed by atoms with Gasteiger partial charge in [0, 0.05) is 0 Å². The van der Waals surface area contributed by atoms with E-state index in [1.54, 1.807) is 0 Å². The number of nitrogens with two attached hydrogens (primary N) is 1. The van der Waals surface area contributed by atoms with Gasteiger partial charge in [-0.2, -0.15) is 0 Å². The van der Waals surface area contributed by atoms with Crippen LogP contribution >= 0.6 is 11.6 Å². The van der Waals surface area contributed by atoms with Crippen LogP contribution in [-0.4, -0.2) is 13.0 Å². The molecule has 0 saturated carbocycles. The largest absolute Gasteiger partial charge is 0.351 e. The molecule has 0 atom stereocenters. The molecule has 0 aromatic rings. The van der Waals surface area contributed by atoms with Gasteiger partial charge in [-0.05, 0) is 11.6 Å². The van der Waals surface area contributed by atoms with Crippen molar-refractivity contribution in [2.45, 2.75) is 0 Å². The second-order valence-corrected chi connectivity index (χ2v) is 2.81. The molecule has 0 aliphatic heterocycles. The van der Waals surface area contributed by atoms with Crippen LogP contribution in [0.4, 0.5) is 4.79 Å². The molecule has 2 N–H and O–H groups in total. The van der Waals surface area contributed by atoms with Crippen LogP contribution in [0, 0.1) is 0 Å². The van der Waals surface area contributed by atoms with Crippen LogP contribution in [0.15, 0.2) is 0 Å². The van der Waals surface area contributed by atoms with E-state index in [4.69, 9.17) is 0 Å². The summed E-state index contributed by atoms with van der Waals surface area (Å²) in [5.41, 5.74) is 0. The minimum atomic E-state index is -4.11. The van der Waals surface area contributed by atoms with Crippen LogP contribution in [0.1, 0.15) is 0 Å². The normalized spacial score (nSPS) is 11.1. The molecule has 0 aliphatic carbocycles. The van der Waals surface area contributed by atoms with Crippen molar-refractivity contribution in [2.24, 2.45) is 5.14 Å². The minimum absolute atomic E-state index is 1.53. The molecule has 4 nitrogen and oxygen atoms in total. The maximum Gasteiger partial charge on any atom is 0.351 e.